The van der Waals surface area contributed by atoms with E-state index in [0.29, 0.717) is 17.7 Å². The summed E-state index contributed by atoms with van der Waals surface area (Å²) in [6.07, 6.45) is 6.14. The van der Waals surface area contributed by atoms with Crippen LogP contribution in [0.25, 0.3) is 0 Å². The second-order valence-corrected chi connectivity index (χ2v) is 3.85. The van der Waals surface area contributed by atoms with E-state index in [1.54, 1.807) is 24.5 Å². The van der Waals surface area contributed by atoms with E-state index in [9.17, 15) is 4.79 Å². The van der Waals surface area contributed by atoms with Gasteiger partial charge in [0.05, 0.1) is 24.3 Å². The lowest BCUT2D eigenvalue weighted by atomic mass is 10.2. The fraction of sp³-hybridized carbons (Fsp3) is 0.143. The fourth-order valence-corrected chi connectivity index (χ4v) is 1.48. The summed E-state index contributed by atoms with van der Waals surface area (Å²) in [5.74, 6) is 5.32. The zero-order chi connectivity index (χ0) is 14.2. The summed E-state index contributed by atoms with van der Waals surface area (Å²) >= 11 is 0. The van der Waals surface area contributed by atoms with Crippen LogP contribution in [-0.4, -0.2) is 27.4 Å². The van der Waals surface area contributed by atoms with Gasteiger partial charge in [-0.2, -0.15) is 0 Å². The molecule has 0 aliphatic rings. The second-order valence-electron chi connectivity index (χ2n) is 3.85. The Balaban J connectivity index is 2.02. The normalized spacial score (nSPS) is 9.45. The van der Waals surface area contributed by atoms with Crippen molar-refractivity contribution in [2.45, 2.75) is 6.54 Å². The quantitative estimate of drug-likeness (QED) is 0.770. The first-order valence-electron chi connectivity index (χ1n) is 5.96. The Morgan fingerprint density at radius 3 is 3.00 bits per heavy atom. The summed E-state index contributed by atoms with van der Waals surface area (Å²) in [7, 11) is 0. The molecular formula is C14H13N5O. The first-order valence-corrected chi connectivity index (χ1v) is 5.96. The zero-order valence-corrected chi connectivity index (χ0v) is 10.7. The minimum absolute atomic E-state index is 0.229. The van der Waals surface area contributed by atoms with E-state index in [4.69, 9.17) is 5.73 Å². The van der Waals surface area contributed by atoms with Gasteiger partial charge in [-0.15, -0.1) is 0 Å². The summed E-state index contributed by atoms with van der Waals surface area (Å²) in [6, 6.07) is 3.41. The Hall–Kier alpha value is -2.78. The molecule has 0 aliphatic carbocycles. The molecule has 100 valence electrons. The van der Waals surface area contributed by atoms with E-state index < -0.39 is 0 Å². The van der Waals surface area contributed by atoms with Crippen molar-refractivity contribution in [3.05, 3.63) is 53.9 Å². The third-order valence-corrected chi connectivity index (χ3v) is 2.41. The molecule has 0 aliphatic heterocycles. The summed E-state index contributed by atoms with van der Waals surface area (Å²) < 4.78 is 0. The molecular weight excluding hydrogens is 254 g/mol. The van der Waals surface area contributed by atoms with Crippen LogP contribution in [-0.2, 0) is 6.54 Å². The van der Waals surface area contributed by atoms with Gasteiger partial charge in [0.25, 0.3) is 5.91 Å². The maximum absolute atomic E-state index is 12.0. The van der Waals surface area contributed by atoms with Crippen LogP contribution in [0.15, 0.2) is 37.1 Å². The third kappa shape index (κ3) is 3.86. The molecule has 20 heavy (non-hydrogen) atoms. The van der Waals surface area contributed by atoms with Crippen LogP contribution in [0.1, 0.15) is 21.6 Å². The third-order valence-electron chi connectivity index (χ3n) is 2.41. The van der Waals surface area contributed by atoms with Crippen molar-refractivity contribution in [2.24, 2.45) is 5.73 Å². The SMILES string of the molecule is NCC#Cc1cncc(C(=O)NCc2ccncn2)c1. The molecule has 6 nitrogen and oxygen atoms in total. The molecule has 0 spiro atoms. The van der Waals surface area contributed by atoms with Gasteiger partial charge in [-0.3, -0.25) is 9.78 Å². The van der Waals surface area contributed by atoms with E-state index in [2.05, 4.69) is 32.1 Å². The number of nitrogens with two attached hydrogens (primary N) is 1. The number of amides is 1. The van der Waals surface area contributed by atoms with Gasteiger partial charge in [-0.05, 0) is 12.1 Å². The molecule has 0 aromatic carbocycles. The molecule has 2 heterocycles. The Morgan fingerprint density at radius 1 is 1.35 bits per heavy atom. The fourth-order valence-electron chi connectivity index (χ4n) is 1.48. The number of nitrogens with one attached hydrogen (secondary N) is 1. The molecule has 1 amide bonds. The number of aromatic nitrogens is 3. The Bertz CT molecular complexity index is 645. The summed E-state index contributed by atoms with van der Waals surface area (Å²) in [5, 5.41) is 2.76. The highest BCUT2D eigenvalue weighted by atomic mass is 16.1. The van der Waals surface area contributed by atoms with E-state index >= 15 is 0 Å². The zero-order valence-electron chi connectivity index (χ0n) is 10.7. The number of pyridine rings is 1. The van der Waals surface area contributed by atoms with E-state index in [1.807, 2.05) is 0 Å². The number of carbonyl (C=O) groups excluding carboxylic acids is 1. The standard InChI is InChI=1S/C14H13N5O/c15-4-1-2-11-6-12(8-17-7-11)14(20)18-9-13-3-5-16-10-19-13/h3,5-8,10H,4,9,15H2,(H,18,20). The summed E-state index contributed by atoms with van der Waals surface area (Å²) in [5.41, 5.74) is 7.14. The summed E-state index contributed by atoms with van der Waals surface area (Å²) in [4.78, 5) is 23.8. The smallest absolute Gasteiger partial charge is 0.253 e. The van der Waals surface area contributed by atoms with Gasteiger partial charge >= 0.3 is 0 Å². The van der Waals surface area contributed by atoms with Gasteiger partial charge in [-0.1, -0.05) is 11.8 Å². The molecule has 0 radical (unpaired) electrons. The van der Waals surface area contributed by atoms with Crippen molar-refractivity contribution in [3.8, 4) is 11.8 Å². The van der Waals surface area contributed by atoms with Gasteiger partial charge < -0.3 is 11.1 Å². The maximum atomic E-state index is 12.0. The van der Waals surface area contributed by atoms with Gasteiger partial charge in [0.2, 0.25) is 0 Å². The highest BCUT2D eigenvalue weighted by molar-refractivity contribution is 5.94. The maximum Gasteiger partial charge on any atom is 0.253 e. The van der Waals surface area contributed by atoms with E-state index in [-0.39, 0.29) is 12.5 Å². The molecule has 0 saturated heterocycles. The van der Waals surface area contributed by atoms with Crippen LogP contribution in [0.2, 0.25) is 0 Å². The van der Waals surface area contributed by atoms with Crippen LogP contribution in [0.4, 0.5) is 0 Å². The predicted molar refractivity (Wildman–Crippen MR) is 73.4 cm³/mol. The number of carbonyl (C=O) groups is 1. The highest BCUT2D eigenvalue weighted by Crippen LogP contribution is 2.02. The Labute approximate surface area is 116 Å². The number of nitrogens with zero attached hydrogens (tertiary/aromatic N) is 3. The predicted octanol–water partition coefficient (Wildman–Crippen LogP) is 0.112. The van der Waals surface area contributed by atoms with E-state index in [0.717, 1.165) is 5.69 Å². The minimum atomic E-state index is -0.229. The van der Waals surface area contributed by atoms with Gasteiger partial charge in [0.1, 0.15) is 6.33 Å². The van der Waals surface area contributed by atoms with Crippen LogP contribution in [0.3, 0.4) is 0 Å². The number of hydrogen-bond acceptors (Lipinski definition) is 5. The van der Waals surface area contributed by atoms with Crippen molar-refractivity contribution >= 4 is 5.91 Å². The lowest BCUT2D eigenvalue weighted by Gasteiger charge is -2.04. The first kappa shape index (κ1) is 13.6. The number of rotatable bonds is 3. The lowest BCUT2D eigenvalue weighted by molar-refractivity contribution is 0.0950. The molecule has 0 saturated carbocycles. The van der Waals surface area contributed by atoms with Crippen molar-refractivity contribution in [1.82, 2.24) is 20.3 Å². The van der Waals surface area contributed by atoms with Gasteiger partial charge in [0.15, 0.2) is 0 Å². The van der Waals surface area contributed by atoms with Crippen LogP contribution < -0.4 is 11.1 Å². The first-order chi connectivity index (χ1) is 9.79. The number of hydrogen-bond donors (Lipinski definition) is 2. The summed E-state index contributed by atoms with van der Waals surface area (Å²) in [6.45, 7) is 0.601. The topological polar surface area (TPSA) is 93.8 Å². The van der Waals surface area contributed by atoms with Crippen LogP contribution >= 0.6 is 0 Å². The highest BCUT2D eigenvalue weighted by Gasteiger charge is 2.06. The second kappa shape index (κ2) is 6.97. The molecule has 0 unspecified atom stereocenters. The van der Waals surface area contributed by atoms with E-state index in [1.165, 1.54) is 12.5 Å². The van der Waals surface area contributed by atoms with Crippen molar-refractivity contribution in [3.63, 3.8) is 0 Å². The van der Waals surface area contributed by atoms with Crippen LogP contribution in [0.5, 0.6) is 0 Å². The van der Waals surface area contributed by atoms with Crippen molar-refractivity contribution in [2.75, 3.05) is 6.54 Å². The molecule has 2 aromatic rings. The van der Waals surface area contributed by atoms with Crippen molar-refractivity contribution < 1.29 is 4.79 Å². The monoisotopic (exact) mass is 267 g/mol. The average molecular weight is 267 g/mol. The largest absolute Gasteiger partial charge is 0.346 e. The van der Waals surface area contributed by atoms with Gasteiger partial charge in [-0.25, -0.2) is 9.97 Å². The molecule has 0 atom stereocenters. The molecule has 2 aromatic heterocycles. The lowest BCUT2D eigenvalue weighted by Crippen LogP contribution is -2.23. The molecule has 0 bridgehead atoms. The van der Waals surface area contributed by atoms with Gasteiger partial charge in [0, 0.05) is 24.2 Å². The molecule has 0 fully saturated rings. The molecule has 6 heteroatoms. The van der Waals surface area contributed by atoms with Crippen molar-refractivity contribution in [1.29, 1.82) is 0 Å². The Morgan fingerprint density at radius 2 is 2.25 bits per heavy atom. The average Bonchev–Trinajstić information content (AvgIpc) is 2.52. The van der Waals surface area contributed by atoms with Crippen LogP contribution in [0, 0.1) is 11.8 Å². The minimum Gasteiger partial charge on any atom is -0.346 e. The Kier molecular flexibility index (Phi) is 4.76. The molecule has 2 rings (SSSR count). The molecule has 3 N–H and O–H groups in total.